The molecular formula is C9H12ClNO2S. The average molecular weight is 234 g/mol. The number of rotatable bonds is 4. The maximum Gasteiger partial charge on any atom is 0.261 e. The van der Waals surface area contributed by atoms with Gasteiger partial charge in [0, 0.05) is 0 Å². The van der Waals surface area contributed by atoms with E-state index in [-0.39, 0.29) is 18.6 Å². The minimum absolute atomic E-state index is 0.0403. The van der Waals surface area contributed by atoms with Gasteiger partial charge in [-0.1, -0.05) is 18.5 Å². The summed E-state index contributed by atoms with van der Waals surface area (Å²) in [5, 5.41) is 11.6. The Morgan fingerprint density at radius 2 is 2.43 bits per heavy atom. The van der Waals surface area contributed by atoms with Crippen LogP contribution in [-0.2, 0) is 0 Å². The Morgan fingerprint density at radius 3 is 2.86 bits per heavy atom. The maximum absolute atomic E-state index is 11.5. The smallest absolute Gasteiger partial charge is 0.261 e. The summed E-state index contributed by atoms with van der Waals surface area (Å²) in [7, 11) is 0. The fourth-order valence-electron chi connectivity index (χ4n) is 0.970. The molecule has 1 amide bonds. The third-order valence-corrected chi connectivity index (χ3v) is 3.08. The molecule has 78 valence electrons. The number of aliphatic hydroxyl groups excluding tert-OH is 1. The molecule has 0 saturated carbocycles. The van der Waals surface area contributed by atoms with Crippen LogP contribution in [0.5, 0.6) is 0 Å². The molecule has 0 radical (unpaired) electrons. The fraction of sp³-hybridized carbons (Fsp3) is 0.444. The Kier molecular flexibility index (Phi) is 4.38. The van der Waals surface area contributed by atoms with Crippen LogP contribution < -0.4 is 5.32 Å². The van der Waals surface area contributed by atoms with Gasteiger partial charge in [0.1, 0.15) is 0 Å². The first kappa shape index (κ1) is 11.5. The van der Waals surface area contributed by atoms with E-state index >= 15 is 0 Å². The van der Waals surface area contributed by atoms with E-state index in [1.54, 1.807) is 12.1 Å². The van der Waals surface area contributed by atoms with Crippen LogP contribution in [0.2, 0.25) is 4.34 Å². The van der Waals surface area contributed by atoms with Crippen molar-refractivity contribution in [3.8, 4) is 0 Å². The minimum atomic E-state index is -0.178. The third kappa shape index (κ3) is 2.97. The van der Waals surface area contributed by atoms with Crippen molar-refractivity contribution in [2.45, 2.75) is 19.4 Å². The van der Waals surface area contributed by atoms with Crippen LogP contribution >= 0.6 is 22.9 Å². The van der Waals surface area contributed by atoms with Gasteiger partial charge >= 0.3 is 0 Å². The van der Waals surface area contributed by atoms with E-state index in [2.05, 4.69) is 5.32 Å². The summed E-state index contributed by atoms with van der Waals surface area (Å²) < 4.78 is 0.590. The number of halogens is 1. The Bertz CT molecular complexity index is 310. The lowest BCUT2D eigenvalue weighted by molar-refractivity contribution is 0.0919. The molecule has 0 unspecified atom stereocenters. The lowest BCUT2D eigenvalue weighted by Crippen LogP contribution is -2.36. The zero-order valence-corrected chi connectivity index (χ0v) is 9.36. The lowest BCUT2D eigenvalue weighted by Gasteiger charge is -2.12. The number of carbonyl (C=O) groups is 1. The molecule has 3 nitrogen and oxygen atoms in total. The molecule has 0 aromatic carbocycles. The maximum atomic E-state index is 11.5. The summed E-state index contributed by atoms with van der Waals surface area (Å²) >= 11 is 6.93. The van der Waals surface area contributed by atoms with Crippen molar-refractivity contribution in [1.29, 1.82) is 0 Å². The van der Waals surface area contributed by atoms with Gasteiger partial charge in [-0.3, -0.25) is 4.79 Å². The van der Waals surface area contributed by atoms with E-state index in [4.69, 9.17) is 16.7 Å². The molecule has 1 heterocycles. The standard InChI is InChI=1S/C9H12ClNO2S/c1-2-6(5-12)11-9(13)7-3-4-8(10)14-7/h3-4,6,12H,2,5H2,1H3,(H,11,13)/t6-/m1/s1. The molecule has 0 saturated heterocycles. The Hall–Kier alpha value is -0.580. The molecule has 5 heteroatoms. The molecule has 0 spiro atoms. The van der Waals surface area contributed by atoms with Gasteiger partial charge in [-0.25, -0.2) is 0 Å². The third-order valence-electron chi connectivity index (χ3n) is 1.85. The minimum Gasteiger partial charge on any atom is -0.394 e. The van der Waals surface area contributed by atoms with Crippen LogP contribution in [0.15, 0.2) is 12.1 Å². The number of carbonyl (C=O) groups excluding carboxylic acids is 1. The molecule has 0 aliphatic rings. The van der Waals surface area contributed by atoms with Gasteiger partial charge in [-0.2, -0.15) is 0 Å². The molecule has 14 heavy (non-hydrogen) atoms. The van der Waals surface area contributed by atoms with Crippen LogP contribution in [0.3, 0.4) is 0 Å². The number of thiophene rings is 1. The van der Waals surface area contributed by atoms with Crippen molar-refractivity contribution < 1.29 is 9.90 Å². The second kappa shape index (κ2) is 5.34. The van der Waals surface area contributed by atoms with Gasteiger partial charge < -0.3 is 10.4 Å². The molecule has 0 fully saturated rings. The highest BCUT2D eigenvalue weighted by atomic mass is 35.5. The monoisotopic (exact) mass is 233 g/mol. The van der Waals surface area contributed by atoms with Crippen LogP contribution in [-0.4, -0.2) is 23.7 Å². The van der Waals surface area contributed by atoms with Gasteiger partial charge in [0.15, 0.2) is 0 Å². The highest BCUT2D eigenvalue weighted by Gasteiger charge is 2.12. The molecule has 1 aromatic rings. The first-order chi connectivity index (χ1) is 6.67. The van der Waals surface area contributed by atoms with Gasteiger partial charge in [-0.15, -0.1) is 11.3 Å². The van der Waals surface area contributed by atoms with E-state index in [9.17, 15) is 4.79 Å². The number of hydrogen-bond donors (Lipinski definition) is 2. The molecule has 1 rings (SSSR count). The van der Waals surface area contributed by atoms with Crippen LogP contribution in [0.4, 0.5) is 0 Å². The highest BCUT2D eigenvalue weighted by Crippen LogP contribution is 2.21. The second-order valence-corrected chi connectivity index (χ2v) is 4.58. The SMILES string of the molecule is CC[C@H](CO)NC(=O)c1ccc(Cl)s1. The quantitative estimate of drug-likeness (QED) is 0.835. The number of hydrogen-bond acceptors (Lipinski definition) is 3. The number of nitrogens with one attached hydrogen (secondary N) is 1. The summed E-state index contributed by atoms with van der Waals surface area (Å²) in [5.74, 6) is -0.178. The van der Waals surface area contributed by atoms with E-state index in [0.29, 0.717) is 15.6 Å². The number of aliphatic hydroxyl groups is 1. The van der Waals surface area contributed by atoms with E-state index in [1.165, 1.54) is 11.3 Å². The molecule has 0 aliphatic heterocycles. The zero-order chi connectivity index (χ0) is 10.6. The molecule has 0 aliphatic carbocycles. The van der Waals surface area contributed by atoms with Crippen molar-refractivity contribution >= 4 is 28.8 Å². The van der Waals surface area contributed by atoms with E-state index in [0.717, 1.165) is 0 Å². The van der Waals surface area contributed by atoms with Crippen molar-refractivity contribution in [2.75, 3.05) is 6.61 Å². The summed E-state index contributed by atoms with van der Waals surface area (Å²) in [6.07, 6.45) is 0.710. The van der Waals surface area contributed by atoms with Crippen LogP contribution in [0, 0.1) is 0 Å². The first-order valence-electron chi connectivity index (χ1n) is 4.34. The van der Waals surface area contributed by atoms with Crippen molar-refractivity contribution in [2.24, 2.45) is 0 Å². The average Bonchev–Trinajstić information content (AvgIpc) is 2.61. The summed E-state index contributed by atoms with van der Waals surface area (Å²) in [4.78, 5) is 12.1. The summed E-state index contributed by atoms with van der Waals surface area (Å²) in [6, 6.07) is 3.18. The van der Waals surface area contributed by atoms with Gasteiger partial charge in [0.25, 0.3) is 5.91 Å². The normalized spacial score (nSPS) is 12.5. The lowest BCUT2D eigenvalue weighted by atomic mass is 10.2. The Labute approximate surface area is 91.7 Å². The Morgan fingerprint density at radius 1 is 1.71 bits per heavy atom. The van der Waals surface area contributed by atoms with Crippen molar-refractivity contribution in [3.05, 3.63) is 21.3 Å². The highest BCUT2D eigenvalue weighted by molar-refractivity contribution is 7.17. The van der Waals surface area contributed by atoms with Gasteiger partial charge in [-0.05, 0) is 18.6 Å². The molecule has 0 bridgehead atoms. The summed E-state index contributed by atoms with van der Waals surface area (Å²) in [6.45, 7) is 1.86. The molecule has 2 N–H and O–H groups in total. The number of amides is 1. The van der Waals surface area contributed by atoms with E-state index < -0.39 is 0 Å². The van der Waals surface area contributed by atoms with E-state index in [1.807, 2.05) is 6.92 Å². The first-order valence-corrected chi connectivity index (χ1v) is 5.54. The van der Waals surface area contributed by atoms with Crippen LogP contribution in [0.25, 0.3) is 0 Å². The molecule has 1 aromatic heterocycles. The van der Waals surface area contributed by atoms with Crippen molar-refractivity contribution in [3.63, 3.8) is 0 Å². The molecular weight excluding hydrogens is 222 g/mol. The Balaban J connectivity index is 2.58. The van der Waals surface area contributed by atoms with Gasteiger partial charge in [0.05, 0.1) is 21.9 Å². The fourth-order valence-corrected chi connectivity index (χ4v) is 1.92. The van der Waals surface area contributed by atoms with Crippen LogP contribution in [0.1, 0.15) is 23.0 Å². The van der Waals surface area contributed by atoms with Crippen molar-refractivity contribution in [1.82, 2.24) is 5.32 Å². The zero-order valence-electron chi connectivity index (χ0n) is 7.79. The summed E-state index contributed by atoms with van der Waals surface area (Å²) in [5.41, 5.74) is 0. The topological polar surface area (TPSA) is 49.3 Å². The largest absolute Gasteiger partial charge is 0.394 e. The predicted molar refractivity (Wildman–Crippen MR) is 58.0 cm³/mol. The second-order valence-electron chi connectivity index (χ2n) is 2.86. The molecule has 1 atom stereocenters. The predicted octanol–water partition coefficient (Wildman–Crippen LogP) is 1.90. The van der Waals surface area contributed by atoms with Gasteiger partial charge in [0.2, 0.25) is 0 Å².